The second-order valence-corrected chi connectivity index (χ2v) is 6.12. The molecule has 21 heavy (non-hydrogen) atoms. The van der Waals surface area contributed by atoms with E-state index < -0.39 is 0 Å². The molecule has 1 aromatic heterocycles. The quantitative estimate of drug-likeness (QED) is 0.774. The SMILES string of the molecule is CC(=O)Nc1ccn(C2CCN(CCOCC3CC3)C2)n1. The number of amides is 1. The molecule has 6 heteroatoms. The molecule has 0 aromatic carbocycles. The maximum atomic E-state index is 11.0. The van der Waals surface area contributed by atoms with Crippen LogP contribution in [0.2, 0.25) is 0 Å². The first-order valence-electron chi connectivity index (χ1n) is 7.83. The van der Waals surface area contributed by atoms with Crippen LogP contribution in [0.25, 0.3) is 0 Å². The first-order valence-corrected chi connectivity index (χ1v) is 7.83. The minimum atomic E-state index is -0.0823. The smallest absolute Gasteiger partial charge is 0.222 e. The Morgan fingerprint density at radius 1 is 1.48 bits per heavy atom. The standard InChI is InChI=1S/C15H24N4O2/c1-12(20)16-15-5-7-19(17-15)14-4-6-18(10-14)8-9-21-11-13-2-3-13/h5,7,13-14H,2-4,6,8-11H2,1H3,(H,16,17,20). The lowest BCUT2D eigenvalue weighted by Gasteiger charge is -2.16. The van der Waals surface area contributed by atoms with Crippen LogP contribution in [0, 0.1) is 5.92 Å². The Labute approximate surface area is 125 Å². The highest BCUT2D eigenvalue weighted by Crippen LogP contribution is 2.28. The number of carbonyl (C=O) groups excluding carboxylic acids is 1. The van der Waals surface area contributed by atoms with Gasteiger partial charge in [-0.2, -0.15) is 5.10 Å². The van der Waals surface area contributed by atoms with Crippen LogP contribution in [-0.2, 0) is 9.53 Å². The molecule has 0 bridgehead atoms. The van der Waals surface area contributed by atoms with E-state index in [1.165, 1.54) is 19.8 Å². The third kappa shape index (κ3) is 4.28. The van der Waals surface area contributed by atoms with Crippen molar-refractivity contribution in [3.63, 3.8) is 0 Å². The van der Waals surface area contributed by atoms with E-state index in [1.54, 1.807) is 0 Å². The Morgan fingerprint density at radius 2 is 2.33 bits per heavy atom. The van der Waals surface area contributed by atoms with E-state index in [2.05, 4.69) is 15.3 Å². The van der Waals surface area contributed by atoms with Gasteiger partial charge in [0.25, 0.3) is 0 Å². The maximum absolute atomic E-state index is 11.0. The first kappa shape index (κ1) is 14.5. The molecular formula is C15H24N4O2. The van der Waals surface area contributed by atoms with Crippen LogP contribution in [0.4, 0.5) is 5.82 Å². The van der Waals surface area contributed by atoms with Crippen molar-refractivity contribution in [3.8, 4) is 0 Å². The number of aromatic nitrogens is 2. The van der Waals surface area contributed by atoms with Crippen molar-refractivity contribution in [2.75, 3.05) is 38.2 Å². The van der Waals surface area contributed by atoms with Gasteiger partial charge in [-0.1, -0.05) is 0 Å². The van der Waals surface area contributed by atoms with Crippen LogP contribution in [-0.4, -0.2) is 53.4 Å². The van der Waals surface area contributed by atoms with Crippen molar-refractivity contribution in [1.29, 1.82) is 0 Å². The fourth-order valence-corrected chi connectivity index (χ4v) is 2.75. The van der Waals surface area contributed by atoms with Gasteiger partial charge in [-0.05, 0) is 25.2 Å². The third-order valence-electron chi connectivity index (χ3n) is 4.14. The summed E-state index contributed by atoms with van der Waals surface area (Å²) in [6, 6.07) is 2.25. The number of carbonyl (C=O) groups is 1. The van der Waals surface area contributed by atoms with Gasteiger partial charge in [0.2, 0.25) is 5.91 Å². The largest absolute Gasteiger partial charge is 0.380 e. The van der Waals surface area contributed by atoms with Crippen LogP contribution in [0.1, 0.15) is 32.2 Å². The lowest BCUT2D eigenvalue weighted by atomic mass is 10.3. The molecule has 2 fully saturated rings. The van der Waals surface area contributed by atoms with Gasteiger partial charge in [0.1, 0.15) is 0 Å². The molecule has 2 aliphatic rings. The van der Waals surface area contributed by atoms with Gasteiger partial charge in [0.15, 0.2) is 5.82 Å². The lowest BCUT2D eigenvalue weighted by molar-refractivity contribution is -0.114. The number of nitrogens with zero attached hydrogens (tertiary/aromatic N) is 3. The molecule has 3 rings (SSSR count). The number of nitrogens with one attached hydrogen (secondary N) is 1. The van der Waals surface area contributed by atoms with Gasteiger partial charge in [-0.25, -0.2) is 0 Å². The number of hydrogen-bond donors (Lipinski definition) is 1. The summed E-state index contributed by atoms with van der Waals surface area (Å²) in [6.45, 7) is 6.37. The van der Waals surface area contributed by atoms with Crippen molar-refractivity contribution < 1.29 is 9.53 Å². The number of rotatable bonds is 7. The molecule has 6 nitrogen and oxygen atoms in total. The number of anilines is 1. The Balaban J connectivity index is 1.40. The van der Waals surface area contributed by atoms with Gasteiger partial charge >= 0.3 is 0 Å². The molecule has 1 atom stereocenters. The summed E-state index contributed by atoms with van der Waals surface area (Å²) in [4.78, 5) is 13.4. The van der Waals surface area contributed by atoms with Gasteiger partial charge in [0, 0.05) is 45.4 Å². The summed E-state index contributed by atoms with van der Waals surface area (Å²) >= 11 is 0. The van der Waals surface area contributed by atoms with Gasteiger partial charge in [0.05, 0.1) is 12.6 Å². The fourth-order valence-electron chi connectivity index (χ4n) is 2.75. The van der Waals surface area contributed by atoms with E-state index in [9.17, 15) is 4.79 Å². The Kier molecular flexibility index (Phi) is 4.55. The molecule has 2 heterocycles. The van der Waals surface area contributed by atoms with Crippen molar-refractivity contribution in [3.05, 3.63) is 12.3 Å². The summed E-state index contributed by atoms with van der Waals surface area (Å²) in [5, 5.41) is 7.14. The predicted molar refractivity (Wildman–Crippen MR) is 80.2 cm³/mol. The normalized spacial score (nSPS) is 22.6. The molecule has 1 saturated carbocycles. The highest BCUT2D eigenvalue weighted by molar-refractivity contribution is 5.87. The van der Waals surface area contributed by atoms with E-state index >= 15 is 0 Å². The predicted octanol–water partition coefficient (Wildman–Crippen LogP) is 1.51. The van der Waals surface area contributed by atoms with Crippen molar-refractivity contribution in [2.45, 2.75) is 32.2 Å². The summed E-state index contributed by atoms with van der Waals surface area (Å²) in [5.74, 6) is 1.39. The molecule has 0 radical (unpaired) electrons. The molecule has 1 aliphatic heterocycles. The van der Waals surface area contributed by atoms with Crippen LogP contribution in [0.5, 0.6) is 0 Å². The number of likely N-dealkylation sites (tertiary alicyclic amines) is 1. The molecule has 1 aromatic rings. The van der Waals surface area contributed by atoms with Crippen LogP contribution in [0.3, 0.4) is 0 Å². The summed E-state index contributed by atoms with van der Waals surface area (Å²) in [5.41, 5.74) is 0. The summed E-state index contributed by atoms with van der Waals surface area (Å²) < 4.78 is 7.67. The molecule has 1 saturated heterocycles. The van der Waals surface area contributed by atoms with E-state index in [-0.39, 0.29) is 5.91 Å². The summed E-state index contributed by atoms with van der Waals surface area (Å²) in [6.07, 6.45) is 5.75. The molecule has 1 N–H and O–H groups in total. The molecular weight excluding hydrogens is 268 g/mol. The van der Waals surface area contributed by atoms with Crippen molar-refractivity contribution in [2.24, 2.45) is 5.92 Å². The molecule has 0 spiro atoms. The Morgan fingerprint density at radius 3 is 3.10 bits per heavy atom. The second kappa shape index (κ2) is 6.58. The number of hydrogen-bond acceptors (Lipinski definition) is 4. The topological polar surface area (TPSA) is 59.4 Å². The van der Waals surface area contributed by atoms with E-state index in [1.807, 2.05) is 16.9 Å². The zero-order valence-corrected chi connectivity index (χ0v) is 12.6. The zero-order valence-electron chi connectivity index (χ0n) is 12.6. The maximum Gasteiger partial charge on any atom is 0.222 e. The first-order chi connectivity index (χ1) is 10.2. The summed E-state index contributed by atoms with van der Waals surface area (Å²) in [7, 11) is 0. The average Bonchev–Trinajstić information content (AvgIpc) is 2.96. The zero-order chi connectivity index (χ0) is 14.7. The molecule has 116 valence electrons. The molecule has 1 aliphatic carbocycles. The fraction of sp³-hybridized carbons (Fsp3) is 0.733. The van der Waals surface area contributed by atoms with Gasteiger partial charge in [-0.15, -0.1) is 0 Å². The minimum absolute atomic E-state index is 0.0823. The van der Waals surface area contributed by atoms with E-state index in [0.29, 0.717) is 11.9 Å². The monoisotopic (exact) mass is 292 g/mol. The second-order valence-electron chi connectivity index (χ2n) is 6.12. The van der Waals surface area contributed by atoms with Gasteiger partial charge < -0.3 is 10.1 Å². The Bertz CT molecular complexity index is 484. The van der Waals surface area contributed by atoms with Crippen LogP contribution >= 0.6 is 0 Å². The molecule has 1 unspecified atom stereocenters. The van der Waals surface area contributed by atoms with E-state index in [0.717, 1.165) is 45.2 Å². The van der Waals surface area contributed by atoms with Crippen molar-refractivity contribution >= 4 is 11.7 Å². The Hall–Kier alpha value is -1.40. The molecule has 1 amide bonds. The lowest BCUT2D eigenvalue weighted by Crippen LogP contribution is -2.26. The third-order valence-corrected chi connectivity index (χ3v) is 4.14. The van der Waals surface area contributed by atoms with Crippen molar-refractivity contribution in [1.82, 2.24) is 14.7 Å². The highest BCUT2D eigenvalue weighted by Gasteiger charge is 2.25. The average molecular weight is 292 g/mol. The van der Waals surface area contributed by atoms with Gasteiger partial charge in [-0.3, -0.25) is 14.4 Å². The highest BCUT2D eigenvalue weighted by atomic mass is 16.5. The van der Waals surface area contributed by atoms with Crippen LogP contribution in [0.15, 0.2) is 12.3 Å². The van der Waals surface area contributed by atoms with E-state index in [4.69, 9.17) is 4.74 Å². The minimum Gasteiger partial charge on any atom is -0.380 e. The number of ether oxygens (including phenoxy) is 1. The van der Waals surface area contributed by atoms with Crippen LogP contribution < -0.4 is 5.32 Å².